The van der Waals surface area contributed by atoms with Crippen molar-refractivity contribution in [3.8, 4) is 0 Å². The van der Waals surface area contributed by atoms with Crippen LogP contribution in [0.5, 0.6) is 0 Å². The lowest BCUT2D eigenvalue weighted by Gasteiger charge is -2.31. The van der Waals surface area contributed by atoms with Crippen LogP contribution < -0.4 is 31.8 Å². The third-order valence-electron chi connectivity index (χ3n) is 8.36. The highest BCUT2D eigenvalue weighted by molar-refractivity contribution is 7.99. The molecule has 1 aliphatic rings. The first-order valence-electron chi connectivity index (χ1n) is 14.7. The predicted octanol–water partition coefficient (Wildman–Crippen LogP) is 7.60. The Bertz CT molecular complexity index is 1730. The van der Waals surface area contributed by atoms with Crippen molar-refractivity contribution in [1.29, 1.82) is 0 Å². The van der Waals surface area contributed by atoms with Crippen molar-refractivity contribution in [2.24, 2.45) is 0 Å². The summed E-state index contributed by atoms with van der Waals surface area (Å²) in [5.74, 6) is 0. The molecule has 0 fully saturated rings. The molecule has 0 amide bonds. The van der Waals surface area contributed by atoms with E-state index in [1.165, 1.54) is 42.4 Å². The van der Waals surface area contributed by atoms with E-state index in [-0.39, 0.29) is 0 Å². The van der Waals surface area contributed by atoms with Gasteiger partial charge in [0, 0.05) is 0 Å². The zero-order valence-corrected chi connectivity index (χ0v) is 25.7. The predicted molar refractivity (Wildman–Crippen MR) is 193 cm³/mol. The van der Waals surface area contributed by atoms with E-state index in [1.54, 1.807) is 0 Å². The van der Waals surface area contributed by atoms with Crippen LogP contribution in [0.2, 0.25) is 0 Å². The van der Waals surface area contributed by atoms with Crippen molar-refractivity contribution in [2.75, 3.05) is 0 Å². The highest BCUT2D eigenvalue weighted by Crippen LogP contribution is 2.64. The summed E-state index contributed by atoms with van der Waals surface area (Å²) in [7, 11) is -2.21. The van der Waals surface area contributed by atoms with E-state index >= 15 is 0 Å². The van der Waals surface area contributed by atoms with Gasteiger partial charge in [-0.15, -0.1) is 0 Å². The van der Waals surface area contributed by atoms with Crippen LogP contribution in [0.4, 0.5) is 0 Å². The monoisotopic (exact) mass is 587 g/mol. The Morgan fingerprint density at radius 2 is 0.628 bits per heavy atom. The van der Waals surface area contributed by atoms with Crippen molar-refractivity contribution < 1.29 is 0 Å². The molecule has 43 heavy (non-hydrogen) atoms. The summed E-state index contributed by atoms with van der Waals surface area (Å²) in [4.78, 5) is 0. The van der Waals surface area contributed by atoms with Crippen LogP contribution >= 0.6 is 14.1 Å². The quantitative estimate of drug-likeness (QED) is 0.169. The Balaban J connectivity index is 1.63. The van der Waals surface area contributed by atoms with Crippen LogP contribution in [0.25, 0.3) is 0 Å². The Kier molecular flexibility index (Phi) is 7.65. The highest BCUT2D eigenvalue weighted by atomic mass is 31.2. The summed E-state index contributed by atoms with van der Waals surface area (Å²) in [6.45, 7) is -2.21. The van der Waals surface area contributed by atoms with Crippen LogP contribution in [0.15, 0.2) is 206 Å². The average Bonchev–Trinajstić information content (AvgIpc) is 3.59. The average molecular weight is 588 g/mol. The molecule has 0 atom stereocenters. The maximum Gasteiger partial charge on any atom is 0.144 e. The van der Waals surface area contributed by atoms with E-state index in [0.717, 1.165) is 0 Å². The van der Waals surface area contributed by atoms with Gasteiger partial charge in [0.2, 0.25) is 0 Å². The number of allylic oxidation sites excluding steroid dienone is 4. The molecule has 0 aromatic heterocycles. The third-order valence-corrected chi connectivity index (χ3v) is 16.9. The van der Waals surface area contributed by atoms with Crippen LogP contribution in [-0.4, -0.2) is 5.29 Å². The molecule has 0 spiro atoms. The summed E-state index contributed by atoms with van der Waals surface area (Å²) in [6, 6.07) is 67.0. The van der Waals surface area contributed by atoms with Crippen molar-refractivity contribution in [3.05, 3.63) is 206 Å². The van der Waals surface area contributed by atoms with Crippen LogP contribution in [-0.2, 0) is 0 Å². The third kappa shape index (κ3) is 4.69. The molecule has 0 aliphatic heterocycles. The Labute approximate surface area is 256 Å². The van der Waals surface area contributed by atoms with Gasteiger partial charge in [-0.2, -0.15) is 0 Å². The number of benzene rings is 6. The summed E-state index contributed by atoms with van der Waals surface area (Å²) >= 11 is 0. The molecule has 2 heteroatoms. The van der Waals surface area contributed by atoms with Gasteiger partial charge in [-0.3, -0.25) is 0 Å². The molecule has 0 saturated carbocycles. The molecule has 7 rings (SSSR count). The zero-order valence-electron chi connectivity index (χ0n) is 23.9. The van der Waals surface area contributed by atoms with Gasteiger partial charge in [-0.1, -0.05) is 146 Å². The Morgan fingerprint density at radius 1 is 0.326 bits per heavy atom. The lowest BCUT2D eigenvalue weighted by molar-refractivity contribution is 1.71. The molecule has 6 aromatic carbocycles. The van der Waals surface area contributed by atoms with Crippen LogP contribution in [0, 0.1) is 0 Å². The summed E-state index contributed by atoms with van der Waals surface area (Å²) < 4.78 is 0. The van der Waals surface area contributed by atoms with Gasteiger partial charge >= 0.3 is 0 Å². The molecule has 1 aliphatic carbocycles. The van der Waals surface area contributed by atoms with E-state index in [1.807, 2.05) is 0 Å². The van der Waals surface area contributed by atoms with Crippen LogP contribution in [0.3, 0.4) is 0 Å². The van der Waals surface area contributed by atoms with Gasteiger partial charge in [0.1, 0.15) is 28.5 Å². The van der Waals surface area contributed by atoms with Crippen LogP contribution in [0.1, 0.15) is 0 Å². The van der Waals surface area contributed by atoms with E-state index < -0.39 is 14.1 Å². The first kappa shape index (κ1) is 27.4. The topological polar surface area (TPSA) is 0 Å². The molecule has 0 radical (unpaired) electrons. The number of rotatable bonds is 7. The summed E-state index contributed by atoms with van der Waals surface area (Å²) in [5.41, 5.74) is 0. The number of hydrogen-bond donors (Lipinski definition) is 0. The second kappa shape index (κ2) is 12.0. The largest absolute Gasteiger partial charge is 0.144 e. The first-order valence-corrected chi connectivity index (χ1v) is 18.3. The van der Waals surface area contributed by atoms with E-state index in [4.69, 9.17) is 0 Å². The summed E-state index contributed by atoms with van der Waals surface area (Å²) in [5, 5.41) is 11.0. The molecule has 0 bridgehead atoms. The second-order valence-corrected chi connectivity index (χ2v) is 17.5. The fourth-order valence-corrected chi connectivity index (χ4v) is 15.2. The Hall–Kier alpha value is -4.47. The lowest BCUT2D eigenvalue weighted by Crippen LogP contribution is -2.32. The molecule has 206 valence electrons. The molecule has 0 heterocycles. The number of hydrogen-bond acceptors (Lipinski definition) is 0. The maximum absolute atomic E-state index is 2.56. The first-order chi connectivity index (χ1) is 21.3. The minimum atomic E-state index is -2.21. The van der Waals surface area contributed by atoms with Gasteiger partial charge in [-0.25, -0.2) is 0 Å². The van der Waals surface area contributed by atoms with Crippen molar-refractivity contribution in [1.82, 2.24) is 0 Å². The summed E-state index contributed by atoms with van der Waals surface area (Å²) in [6.07, 6.45) is 7.42. The second-order valence-electron chi connectivity index (χ2n) is 10.7. The molecule has 0 nitrogen and oxygen atoms in total. The minimum Gasteiger partial charge on any atom is -0.0622 e. The SMILES string of the molecule is C1=CC(=P(c2ccccc2)(c2ccccc2)c2ccccc2)C=C1[P+](c1ccccc1)(c1ccccc1)c1ccccc1. The van der Waals surface area contributed by atoms with E-state index in [2.05, 4.69) is 200 Å². The Morgan fingerprint density at radius 3 is 0.953 bits per heavy atom. The van der Waals surface area contributed by atoms with E-state index in [0.29, 0.717) is 0 Å². The van der Waals surface area contributed by atoms with Crippen molar-refractivity contribution >= 4 is 51.3 Å². The van der Waals surface area contributed by atoms with Crippen molar-refractivity contribution in [2.45, 2.75) is 0 Å². The highest BCUT2D eigenvalue weighted by Gasteiger charge is 2.49. The normalized spacial score (nSPS) is 13.1. The van der Waals surface area contributed by atoms with E-state index in [9.17, 15) is 0 Å². The smallest absolute Gasteiger partial charge is 0.0622 e. The fourth-order valence-electron chi connectivity index (χ4n) is 6.53. The molecule has 6 aromatic rings. The maximum atomic E-state index is 2.56. The van der Waals surface area contributed by atoms with Gasteiger partial charge in [-0.05, 0) is 82.7 Å². The molecule has 0 saturated heterocycles. The van der Waals surface area contributed by atoms with Crippen molar-refractivity contribution in [3.63, 3.8) is 0 Å². The molecule has 0 unspecified atom stereocenters. The zero-order chi connectivity index (χ0) is 29.0. The standard InChI is InChI=1S/C41H33P2/c1-7-19-34(20-8-1)42(35-21-9-2-10-22-35,36-23-11-3-12-24-36)40-31-32-41(33-40)43(37-25-13-4-14-26-37,38-27-15-5-16-28-38)39-29-17-6-18-30-39/h1-33H/q+1. The molecule has 0 N–H and O–H groups in total. The molecular formula is C41H33P2+. The van der Waals surface area contributed by atoms with Gasteiger partial charge < -0.3 is 0 Å². The lowest BCUT2D eigenvalue weighted by atomic mass is 10.3. The van der Waals surface area contributed by atoms with Gasteiger partial charge in [0.05, 0.1) is 0 Å². The minimum absolute atomic E-state index is 1.37. The molecular weight excluding hydrogens is 554 g/mol. The fraction of sp³-hybridized carbons (Fsp3) is 0. The van der Waals surface area contributed by atoms with Gasteiger partial charge in [0.25, 0.3) is 0 Å². The van der Waals surface area contributed by atoms with Gasteiger partial charge in [0.15, 0.2) is 0 Å².